The van der Waals surface area contributed by atoms with E-state index in [-0.39, 0.29) is 5.78 Å². The van der Waals surface area contributed by atoms with Crippen LogP contribution in [0.25, 0.3) is 27.5 Å². The Morgan fingerprint density at radius 3 is 2.66 bits per heavy atom. The summed E-state index contributed by atoms with van der Waals surface area (Å²) in [6.45, 7) is 3.98. The van der Waals surface area contributed by atoms with Gasteiger partial charge in [0, 0.05) is 41.0 Å². The molecule has 0 radical (unpaired) electrons. The molecule has 0 spiro atoms. The molecule has 7 heteroatoms. The Hall–Kier alpha value is -3.19. The van der Waals surface area contributed by atoms with Gasteiger partial charge in [-0.25, -0.2) is 0 Å². The van der Waals surface area contributed by atoms with E-state index in [9.17, 15) is 4.79 Å². The first-order valence-electron chi connectivity index (χ1n) is 9.35. The van der Waals surface area contributed by atoms with Gasteiger partial charge in [0.2, 0.25) is 0 Å². The molecule has 29 heavy (non-hydrogen) atoms. The van der Waals surface area contributed by atoms with Crippen LogP contribution in [0.5, 0.6) is 0 Å². The molecule has 0 fully saturated rings. The van der Waals surface area contributed by atoms with Crippen molar-refractivity contribution in [3.05, 3.63) is 65.6 Å². The van der Waals surface area contributed by atoms with Crippen LogP contribution in [-0.2, 0) is 7.05 Å². The van der Waals surface area contributed by atoms with E-state index in [0.717, 1.165) is 44.4 Å². The molecule has 6 nitrogen and oxygen atoms in total. The maximum absolute atomic E-state index is 12.8. The van der Waals surface area contributed by atoms with E-state index in [2.05, 4.69) is 21.2 Å². The quantitative estimate of drug-likeness (QED) is 0.254. The van der Waals surface area contributed by atoms with E-state index in [1.165, 1.54) is 11.8 Å². The largest absolute Gasteiger partial charge is 0.351 e. The predicted octanol–water partition coefficient (Wildman–Crippen LogP) is 4.36. The van der Waals surface area contributed by atoms with Crippen molar-refractivity contribution < 1.29 is 4.79 Å². The van der Waals surface area contributed by atoms with Crippen LogP contribution in [0.3, 0.4) is 0 Å². The van der Waals surface area contributed by atoms with Crippen molar-refractivity contribution in [2.24, 2.45) is 7.05 Å². The summed E-state index contributed by atoms with van der Waals surface area (Å²) in [5, 5.41) is 11.5. The zero-order chi connectivity index (χ0) is 20.1. The second-order valence-corrected chi connectivity index (χ2v) is 8.06. The third kappa shape index (κ3) is 2.73. The molecule has 0 aliphatic heterocycles. The van der Waals surface area contributed by atoms with E-state index < -0.39 is 0 Å². The fraction of sp³-hybridized carbons (Fsp3) is 0.182. The number of aryl methyl sites for hydroxylation is 1. The van der Waals surface area contributed by atoms with Gasteiger partial charge in [-0.2, -0.15) is 0 Å². The number of aromatic nitrogens is 5. The Bertz CT molecular complexity index is 1420. The number of thioether (sulfide) groups is 1. The minimum atomic E-state index is 0.0970. The molecule has 4 heterocycles. The van der Waals surface area contributed by atoms with Gasteiger partial charge in [0.15, 0.2) is 16.6 Å². The maximum Gasteiger partial charge on any atom is 0.196 e. The minimum Gasteiger partial charge on any atom is -0.351 e. The van der Waals surface area contributed by atoms with Crippen molar-refractivity contribution in [1.29, 1.82) is 0 Å². The molecule has 0 N–H and O–H groups in total. The van der Waals surface area contributed by atoms with Gasteiger partial charge >= 0.3 is 0 Å². The number of rotatable bonds is 4. The minimum absolute atomic E-state index is 0.0970. The van der Waals surface area contributed by atoms with Crippen molar-refractivity contribution in [3.63, 3.8) is 0 Å². The number of benzene rings is 1. The van der Waals surface area contributed by atoms with E-state index in [0.29, 0.717) is 10.9 Å². The first kappa shape index (κ1) is 17.9. The SMILES string of the molecule is Cc1cc(C(=O)CSc2nnc3c4cccnc4c4ccccc4n23)c(C)n1C. The average Bonchev–Trinajstić information content (AvgIpc) is 3.29. The van der Waals surface area contributed by atoms with Crippen molar-refractivity contribution in [2.75, 3.05) is 5.75 Å². The molecule has 0 amide bonds. The van der Waals surface area contributed by atoms with Crippen LogP contribution in [0.2, 0.25) is 0 Å². The normalized spacial score (nSPS) is 11.7. The van der Waals surface area contributed by atoms with Gasteiger partial charge in [-0.05, 0) is 38.1 Å². The Balaban J connectivity index is 1.60. The zero-order valence-electron chi connectivity index (χ0n) is 16.4. The molecular weight excluding hydrogens is 382 g/mol. The number of para-hydroxylation sites is 1. The smallest absolute Gasteiger partial charge is 0.196 e. The number of carbonyl (C=O) groups is 1. The molecule has 0 unspecified atom stereocenters. The van der Waals surface area contributed by atoms with Crippen LogP contribution >= 0.6 is 11.8 Å². The van der Waals surface area contributed by atoms with E-state index in [4.69, 9.17) is 0 Å². The van der Waals surface area contributed by atoms with Gasteiger partial charge in [0.1, 0.15) is 0 Å². The summed E-state index contributed by atoms with van der Waals surface area (Å²) in [6.07, 6.45) is 1.79. The summed E-state index contributed by atoms with van der Waals surface area (Å²) < 4.78 is 4.07. The molecule has 1 aromatic carbocycles. The summed E-state index contributed by atoms with van der Waals surface area (Å²) in [4.78, 5) is 17.4. The molecule has 0 atom stereocenters. The highest BCUT2D eigenvalue weighted by molar-refractivity contribution is 7.99. The Morgan fingerprint density at radius 1 is 1.07 bits per heavy atom. The molecule has 144 valence electrons. The highest BCUT2D eigenvalue weighted by Gasteiger charge is 2.18. The van der Waals surface area contributed by atoms with Gasteiger partial charge in [0.05, 0.1) is 16.8 Å². The zero-order valence-corrected chi connectivity index (χ0v) is 17.2. The molecule has 0 bridgehead atoms. The summed E-state index contributed by atoms with van der Waals surface area (Å²) in [5.74, 6) is 0.407. The van der Waals surface area contributed by atoms with Crippen LogP contribution in [-0.4, -0.2) is 35.7 Å². The molecule has 0 saturated heterocycles. The van der Waals surface area contributed by atoms with Gasteiger partial charge in [-0.1, -0.05) is 30.0 Å². The number of hydrogen-bond acceptors (Lipinski definition) is 5. The van der Waals surface area contributed by atoms with Crippen molar-refractivity contribution in [1.82, 2.24) is 24.1 Å². The summed E-state index contributed by atoms with van der Waals surface area (Å²) >= 11 is 1.42. The molecular formula is C22H19N5OS. The van der Waals surface area contributed by atoms with Crippen LogP contribution in [0.15, 0.2) is 53.8 Å². The third-order valence-corrected chi connectivity index (χ3v) is 6.42. The lowest BCUT2D eigenvalue weighted by molar-refractivity contribution is 0.102. The molecule has 5 rings (SSSR count). The Kier molecular flexibility index (Phi) is 4.13. The van der Waals surface area contributed by atoms with Gasteiger partial charge in [-0.15, -0.1) is 10.2 Å². The monoisotopic (exact) mass is 401 g/mol. The molecule has 4 aromatic heterocycles. The molecule has 0 saturated carbocycles. The van der Waals surface area contributed by atoms with E-state index >= 15 is 0 Å². The fourth-order valence-electron chi connectivity index (χ4n) is 3.77. The Morgan fingerprint density at radius 2 is 1.86 bits per heavy atom. The van der Waals surface area contributed by atoms with Crippen molar-refractivity contribution >= 4 is 45.0 Å². The van der Waals surface area contributed by atoms with Gasteiger partial charge in [-0.3, -0.25) is 14.2 Å². The topological polar surface area (TPSA) is 65.1 Å². The van der Waals surface area contributed by atoms with E-state index in [1.807, 2.05) is 66.3 Å². The van der Waals surface area contributed by atoms with Crippen LogP contribution in [0.4, 0.5) is 0 Å². The third-order valence-electron chi connectivity index (χ3n) is 5.49. The lowest BCUT2D eigenvalue weighted by atomic mass is 10.1. The number of pyridine rings is 2. The first-order valence-corrected chi connectivity index (χ1v) is 10.3. The highest BCUT2D eigenvalue weighted by atomic mass is 32.2. The van der Waals surface area contributed by atoms with E-state index in [1.54, 1.807) is 6.20 Å². The van der Waals surface area contributed by atoms with Gasteiger partial charge in [0.25, 0.3) is 0 Å². The lowest BCUT2D eigenvalue weighted by Gasteiger charge is -2.08. The Labute approximate surface area is 171 Å². The average molecular weight is 401 g/mol. The van der Waals surface area contributed by atoms with Crippen molar-refractivity contribution in [2.45, 2.75) is 19.0 Å². The second kappa shape index (κ2) is 6.70. The fourth-order valence-corrected chi connectivity index (χ4v) is 4.60. The lowest BCUT2D eigenvalue weighted by Crippen LogP contribution is -2.05. The molecule has 0 aliphatic rings. The van der Waals surface area contributed by atoms with Crippen molar-refractivity contribution in [3.8, 4) is 0 Å². The summed E-state index contributed by atoms with van der Waals surface area (Å²) in [7, 11) is 1.98. The number of nitrogens with zero attached hydrogens (tertiary/aromatic N) is 5. The molecule has 0 aliphatic carbocycles. The summed E-state index contributed by atoms with van der Waals surface area (Å²) in [6, 6.07) is 14.0. The second-order valence-electron chi connectivity index (χ2n) is 7.11. The number of ketones is 1. The number of hydrogen-bond donors (Lipinski definition) is 0. The maximum atomic E-state index is 12.8. The highest BCUT2D eigenvalue weighted by Crippen LogP contribution is 2.30. The predicted molar refractivity (Wildman–Crippen MR) is 116 cm³/mol. The van der Waals surface area contributed by atoms with Gasteiger partial charge < -0.3 is 4.57 Å². The molecule has 5 aromatic rings. The number of carbonyl (C=O) groups excluding carboxylic acids is 1. The van der Waals surface area contributed by atoms with Crippen LogP contribution < -0.4 is 0 Å². The summed E-state index contributed by atoms with van der Waals surface area (Å²) in [5.41, 5.74) is 5.49. The first-order chi connectivity index (χ1) is 14.1. The number of Topliss-reactive ketones (excluding diaryl/α,β-unsaturated/α-hetero) is 1. The number of fused-ring (bicyclic) bond motifs is 6. The standard InChI is InChI=1S/C22H19N5OS/c1-13-11-17(14(2)26(13)3)19(28)12-29-22-25-24-21-16-8-6-10-23-20(16)15-7-4-5-9-18(15)27(21)22/h4-11H,12H2,1-3H3. The van der Waals surface area contributed by atoms with Crippen LogP contribution in [0, 0.1) is 13.8 Å². The van der Waals surface area contributed by atoms with Crippen LogP contribution in [0.1, 0.15) is 21.7 Å².